The third-order valence-electron chi connectivity index (χ3n) is 4.57. The van der Waals surface area contributed by atoms with E-state index in [2.05, 4.69) is 20.3 Å². The summed E-state index contributed by atoms with van der Waals surface area (Å²) in [5.41, 5.74) is 0.633. The fourth-order valence-electron chi connectivity index (χ4n) is 2.95. The average molecular weight is 490 g/mol. The van der Waals surface area contributed by atoms with E-state index in [4.69, 9.17) is 9.47 Å². The summed E-state index contributed by atoms with van der Waals surface area (Å²) in [6.45, 7) is 1.96. The van der Waals surface area contributed by atoms with Gasteiger partial charge in [-0.15, -0.1) is 0 Å². The van der Waals surface area contributed by atoms with Gasteiger partial charge in [0.2, 0.25) is 0 Å². The molecule has 0 fully saturated rings. The normalized spacial score (nSPS) is 10.4. The molecule has 0 radical (unpaired) electrons. The molecule has 0 aliphatic heterocycles. The van der Waals surface area contributed by atoms with Crippen LogP contribution in [0.4, 0.5) is 16.3 Å². The van der Waals surface area contributed by atoms with Crippen LogP contribution in [-0.4, -0.2) is 26.0 Å². The van der Waals surface area contributed by atoms with E-state index in [1.807, 2.05) is 25.1 Å². The van der Waals surface area contributed by atoms with Gasteiger partial charge in [-0.1, -0.05) is 24.8 Å². The number of hydrogen-bond donors (Lipinski definition) is 1. The van der Waals surface area contributed by atoms with Gasteiger partial charge in [0.25, 0.3) is 5.69 Å². The maximum atomic E-state index is 12.5. The molecule has 0 saturated carbocycles. The van der Waals surface area contributed by atoms with Crippen LogP contribution in [0.15, 0.2) is 89.2 Å². The van der Waals surface area contributed by atoms with Crippen LogP contribution in [0.2, 0.25) is 0 Å². The Morgan fingerprint density at radius 1 is 1.03 bits per heavy atom. The van der Waals surface area contributed by atoms with Gasteiger partial charge in [-0.3, -0.25) is 20.4 Å². The number of amides is 1. The SMILES string of the molecule is CCc1ncccc1Oc1cc(Sc2ccccn2)cnc1NC(=O)Oc1ccc([N+](=O)[O-])cc1. The summed E-state index contributed by atoms with van der Waals surface area (Å²) in [4.78, 5) is 36.5. The van der Waals surface area contributed by atoms with Gasteiger partial charge in [-0.05, 0) is 42.8 Å². The molecule has 3 heterocycles. The average Bonchev–Trinajstić information content (AvgIpc) is 2.87. The fraction of sp³-hybridized carbons (Fsp3) is 0.0833. The zero-order valence-corrected chi connectivity index (χ0v) is 19.3. The molecule has 176 valence electrons. The zero-order chi connectivity index (χ0) is 24.6. The molecule has 11 heteroatoms. The number of nitro benzene ring substituents is 1. The molecule has 4 aromatic rings. The van der Waals surface area contributed by atoms with E-state index in [0.29, 0.717) is 12.2 Å². The first-order valence-electron chi connectivity index (χ1n) is 10.5. The number of aryl methyl sites for hydroxylation is 1. The number of rotatable bonds is 8. The van der Waals surface area contributed by atoms with Crippen LogP contribution in [0.1, 0.15) is 12.6 Å². The summed E-state index contributed by atoms with van der Waals surface area (Å²) in [5.74, 6) is 1.09. The van der Waals surface area contributed by atoms with E-state index in [0.717, 1.165) is 15.6 Å². The summed E-state index contributed by atoms with van der Waals surface area (Å²) in [6.07, 6.45) is 4.77. The fourth-order valence-corrected chi connectivity index (χ4v) is 3.72. The smallest absolute Gasteiger partial charge is 0.418 e. The monoisotopic (exact) mass is 489 g/mol. The molecule has 1 aromatic carbocycles. The number of nitrogens with zero attached hydrogens (tertiary/aromatic N) is 4. The molecule has 0 aliphatic rings. The Kier molecular flexibility index (Phi) is 7.48. The van der Waals surface area contributed by atoms with E-state index in [1.54, 1.807) is 36.8 Å². The highest BCUT2D eigenvalue weighted by Crippen LogP contribution is 2.35. The molecular formula is C24H19N5O5S. The molecule has 0 saturated heterocycles. The molecule has 35 heavy (non-hydrogen) atoms. The van der Waals surface area contributed by atoms with Crippen molar-refractivity contribution in [1.29, 1.82) is 0 Å². The molecule has 1 amide bonds. The van der Waals surface area contributed by atoms with E-state index in [1.165, 1.54) is 36.0 Å². The van der Waals surface area contributed by atoms with Crippen LogP contribution < -0.4 is 14.8 Å². The molecule has 4 rings (SSSR count). The lowest BCUT2D eigenvalue weighted by atomic mass is 10.2. The molecule has 10 nitrogen and oxygen atoms in total. The summed E-state index contributed by atoms with van der Waals surface area (Å²) in [6, 6.07) is 16.0. The first kappa shape index (κ1) is 23.6. The van der Waals surface area contributed by atoms with Crippen molar-refractivity contribution in [1.82, 2.24) is 15.0 Å². The van der Waals surface area contributed by atoms with Gasteiger partial charge in [-0.25, -0.2) is 14.8 Å². The topological polar surface area (TPSA) is 129 Å². The van der Waals surface area contributed by atoms with Crippen molar-refractivity contribution in [2.75, 3.05) is 5.32 Å². The predicted octanol–water partition coefficient (Wildman–Crippen LogP) is 5.90. The number of non-ortho nitro benzene ring substituents is 1. The molecule has 0 unspecified atom stereocenters. The van der Waals surface area contributed by atoms with Crippen LogP contribution in [0.5, 0.6) is 17.2 Å². The van der Waals surface area contributed by atoms with Gasteiger partial charge >= 0.3 is 6.09 Å². The quantitative estimate of drug-likeness (QED) is 0.237. The Morgan fingerprint density at radius 2 is 1.83 bits per heavy atom. The van der Waals surface area contributed by atoms with Crippen LogP contribution >= 0.6 is 11.8 Å². The van der Waals surface area contributed by atoms with E-state index >= 15 is 0 Å². The second-order valence-electron chi connectivity index (χ2n) is 6.96. The Labute approximate surface area is 204 Å². The molecular weight excluding hydrogens is 470 g/mol. The molecule has 3 aromatic heterocycles. The molecule has 0 atom stereocenters. The van der Waals surface area contributed by atoms with Gasteiger partial charge in [0.15, 0.2) is 11.6 Å². The van der Waals surface area contributed by atoms with E-state index in [9.17, 15) is 14.9 Å². The number of ether oxygens (including phenoxy) is 2. The van der Waals surface area contributed by atoms with Crippen molar-refractivity contribution in [2.24, 2.45) is 0 Å². The first-order valence-corrected chi connectivity index (χ1v) is 11.3. The number of nitrogens with one attached hydrogen (secondary N) is 1. The highest BCUT2D eigenvalue weighted by Gasteiger charge is 2.16. The van der Waals surface area contributed by atoms with Gasteiger partial charge in [0, 0.05) is 41.7 Å². The number of carbonyl (C=O) groups excluding carboxylic acids is 1. The second kappa shape index (κ2) is 11.1. The Bertz CT molecular complexity index is 1340. The van der Waals surface area contributed by atoms with Crippen LogP contribution in [0, 0.1) is 10.1 Å². The van der Waals surface area contributed by atoms with Crippen molar-refractivity contribution >= 4 is 29.4 Å². The Morgan fingerprint density at radius 3 is 2.54 bits per heavy atom. The lowest BCUT2D eigenvalue weighted by molar-refractivity contribution is -0.384. The minimum absolute atomic E-state index is 0.112. The van der Waals surface area contributed by atoms with Gasteiger partial charge in [0.1, 0.15) is 16.5 Å². The minimum Gasteiger partial charge on any atom is -0.452 e. The van der Waals surface area contributed by atoms with Gasteiger partial charge in [0.05, 0.1) is 10.6 Å². The number of nitro groups is 1. The van der Waals surface area contributed by atoms with Crippen molar-refractivity contribution in [3.63, 3.8) is 0 Å². The number of anilines is 1. The largest absolute Gasteiger partial charge is 0.452 e. The lowest BCUT2D eigenvalue weighted by Crippen LogP contribution is -2.18. The highest BCUT2D eigenvalue weighted by atomic mass is 32.2. The van der Waals surface area contributed by atoms with Gasteiger partial charge in [-0.2, -0.15) is 0 Å². The van der Waals surface area contributed by atoms with Crippen LogP contribution in [0.25, 0.3) is 0 Å². The third kappa shape index (κ3) is 6.30. The number of hydrogen-bond acceptors (Lipinski definition) is 9. The van der Waals surface area contributed by atoms with Crippen molar-refractivity contribution in [3.8, 4) is 17.2 Å². The maximum absolute atomic E-state index is 12.5. The Hall–Kier alpha value is -4.51. The Balaban J connectivity index is 1.57. The molecule has 0 bridgehead atoms. The number of aromatic nitrogens is 3. The predicted molar refractivity (Wildman–Crippen MR) is 129 cm³/mol. The molecule has 0 aliphatic carbocycles. The highest BCUT2D eigenvalue weighted by molar-refractivity contribution is 7.99. The third-order valence-corrected chi connectivity index (χ3v) is 5.48. The number of carbonyl (C=O) groups is 1. The summed E-state index contributed by atoms with van der Waals surface area (Å²) in [7, 11) is 0. The molecule has 0 spiro atoms. The number of pyridine rings is 3. The zero-order valence-electron chi connectivity index (χ0n) is 18.5. The van der Waals surface area contributed by atoms with E-state index in [-0.39, 0.29) is 23.0 Å². The second-order valence-corrected chi connectivity index (χ2v) is 8.05. The first-order chi connectivity index (χ1) is 17.0. The van der Waals surface area contributed by atoms with Crippen LogP contribution in [-0.2, 0) is 6.42 Å². The van der Waals surface area contributed by atoms with Gasteiger partial charge < -0.3 is 9.47 Å². The van der Waals surface area contributed by atoms with Crippen molar-refractivity contribution < 1.29 is 19.2 Å². The van der Waals surface area contributed by atoms with Crippen molar-refractivity contribution in [3.05, 3.63) is 95.1 Å². The van der Waals surface area contributed by atoms with E-state index < -0.39 is 11.0 Å². The summed E-state index contributed by atoms with van der Waals surface area (Å²) >= 11 is 1.39. The maximum Gasteiger partial charge on any atom is 0.418 e. The standard InChI is InChI=1S/C24H19N5O5S/c1-2-19-20(6-5-13-25-19)34-21-14-18(35-22-7-3-4-12-26-22)15-27-23(21)28-24(30)33-17-10-8-16(9-11-17)29(31)32/h3-15H,2H2,1H3,(H,27,28,30). The summed E-state index contributed by atoms with van der Waals surface area (Å²) < 4.78 is 11.3. The summed E-state index contributed by atoms with van der Waals surface area (Å²) in [5, 5.41) is 14.1. The minimum atomic E-state index is -0.830. The van der Waals surface area contributed by atoms with Crippen LogP contribution in [0.3, 0.4) is 0 Å². The molecule has 1 N–H and O–H groups in total. The van der Waals surface area contributed by atoms with Crippen molar-refractivity contribution in [2.45, 2.75) is 23.3 Å². The lowest BCUT2D eigenvalue weighted by Gasteiger charge is -2.14. The number of benzene rings is 1.